The summed E-state index contributed by atoms with van der Waals surface area (Å²) >= 11 is 0. The number of carbonyl (C=O) groups is 4. The lowest BCUT2D eigenvalue weighted by molar-refractivity contribution is -0.134. The molecule has 4 atom stereocenters. The van der Waals surface area contributed by atoms with Gasteiger partial charge in [0.2, 0.25) is 17.7 Å². The second-order valence-electron chi connectivity index (χ2n) is 11.1. The van der Waals surface area contributed by atoms with E-state index in [1.54, 1.807) is 44.4 Å². The fraction of sp³-hybridized carbons (Fsp3) is 0.484. The Bertz CT molecular complexity index is 1300. The zero-order valence-corrected chi connectivity index (χ0v) is 24.7. The molecule has 12 heteroatoms. The number of amides is 3. The highest BCUT2D eigenvalue weighted by Crippen LogP contribution is 2.29. The summed E-state index contributed by atoms with van der Waals surface area (Å²) in [5.74, 6) is -1.66. The number of epoxide rings is 1. The van der Waals surface area contributed by atoms with Gasteiger partial charge < -0.3 is 30.2 Å². The van der Waals surface area contributed by atoms with Gasteiger partial charge >= 0.3 is 0 Å². The second-order valence-corrected chi connectivity index (χ2v) is 11.1. The quantitative estimate of drug-likeness (QED) is 0.272. The van der Waals surface area contributed by atoms with Crippen LogP contribution in [0.3, 0.4) is 0 Å². The molecule has 2 aliphatic rings. The van der Waals surface area contributed by atoms with Crippen LogP contribution in [0.1, 0.15) is 25.0 Å². The molecule has 3 amide bonds. The van der Waals surface area contributed by atoms with Gasteiger partial charge in [0.1, 0.15) is 29.3 Å². The van der Waals surface area contributed by atoms with Gasteiger partial charge in [-0.1, -0.05) is 24.3 Å². The summed E-state index contributed by atoms with van der Waals surface area (Å²) in [6, 6.07) is 9.78. The molecule has 3 N–H and O–H groups in total. The summed E-state index contributed by atoms with van der Waals surface area (Å²) in [7, 11) is 1.54. The molecule has 2 heterocycles. The maximum Gasteiger partial charge on any atom is 0.243 e. The Hall–Kier alpha value is -3.87. The highest BCUT2D eigenvalue weighted by molar-refractivity contribution is 5.98. The average molecular weight is 599 g/mol. The molecule has 0 bridgehead atoms. The summed E-state index contributed by atoms with van der Waals surface area (Å²) in [5, 5.41) is 8.21. The highest BCUT2D eigenvalue weighted by Gasteiger charge is 2.50. The van der Waals surface area contributed by atoms with Gasteiger partial charge in [-0.15, -0.1) is 0 Å². The zero-order valence-electron chi connectivity index (χ0n) is 24.7. The molecule has 0 radical (unpaired) electrons. The lowest BCUT2D eigenvalue weighted by Gasteiger charge is -2.27. The molecule has 232 valence electrons. The number of hydrogen-bond donors (Lipinski definition) is 3. The SMILES string of the molecule is COc1ccc(C[C@H](NC(=O)[C@H](C)NC(=O)CN2CCOCC2)C(=O)N[C@@H](Cc2cccc(F)c2)C(=O)[C@@]2(C)CO2)cc1. The third-order valence-corrected chi connectivity index (χ3v) is 7.53. The maximum absolute atomic E-state index is 13.9. The summed E-state index contributed by atoms with van der Waals surface area (Å²) in [5.41, 5.74) is 0.213. The summed E-state index contributed by atoms with van der Waals surface area (Å²) in [6.07, 6.45) is 0.142. The van der Waals surface area contributed by atoms with Crippen LogP contribution >= 0.6 is 0 Å². The third kappa shape index (κ3) is 9.31. The van der Waals surface area contributed by atoms with Gasteiger partial charge in [-0.2, -0.15) is 0 Å². The normalized spacial score (nSPS) is 20.3. The molecular formula is C31H39FN4O7. The number of nitrogens with zero attached hydrogens (tertiary/aromatic N) is 1. The number of ether oxygens (including phenoxy) is 3. The van der Waals surface area contributed by atoms with E-state index in [9.17, 15) is 23.6 Å². The molecule has 2 aromatic carbocycles. The van der Waals surface area contributed by atoms with Gasteiger partial charge in [0, 0.05) is 19.5 Å². The van der Waals surface area contributed by atoms with Crippen LogP contribution in [0, 0.1) is 5.82 Å². The Morgan fingerprint density at radius 1 is 0.953 bits per heavy atom. The largest absolute Gasteiger partial charge is 0.497 e. The van der Waals surface area contributed by atoms with E-state index >= 15 is 0 Å². The Morgan fingerprint density at radius 3 is 2.23 bits per heavy atom. The number of ketones is 1. The van der Waals surface area contributed by atoms with Crippen molar-refractivity contribution in [2.45, 2.75) is 50.4 Å². The maximum atomic E-state index is 13.9. The van der Waals surface area contributed by atoms with Crippen molar-refractivity contribution < 1.29 is 37.8 Å². The van der Waals surface area contributed by atoms with Crippen LogP contribution in [-0.2, 0) is 41.5 Å². The Labute approximate surface area is 250 Å². The third-order valence-electron chi connectivity index (χ3n) is 7.53. The molecule has 0 aliphatic carbocycles. The number of carbonyl (C=O) groups excluding carboxylic acids is 4. The highest BCUT2D eigenvalue weighted by atomic mass is 19.1. The second kappa shape index (κ2) is 14.5. The van der Waals surface area contributed by atoms with E-state index in [2.05, 4.69) is 16.0 Å². The van der Waals surface area contributed by atoms with Crippen molar-refractivity contribution >= 4 is 23.5 Å². The minimum absolute atomic E-state index is 0.0402. The molecular weight excluding hydrogens is 559 g/mol. The van der Waals surface area contributed by atoms with E-state index in [0.717, 1.165) is 5.56 Å². The topological polar surface area (TPSA) is 139 Å². The van der Waals surface area contributed by atoms with Gasteiger partial charge in [-0.05, 0) is 55.7 Å². The lowest BCUT2D eigenvalue weighted by Crippen LogP contribution is -2.57. The predicted molar refractivity (Wildman–Crippen MR) is 155 cm³/mol. The van der Waals surface area contributed by atoms with Gasteiger partial charge in [-0.25, -0.2) is 4.39 Å². The van der Waals surface area contributed by atoms with Crippen LogP contribution in [0.25, 0.3) is 0 Å². The number of methoxy groups -OCH3 is 1. The summed E-state index contributed by atoms with van der Waals surface area (Å²) in [6.45, 7) is 5.85. The van der Waals surface area contributed by atoms with E-state index in [1.165, 1.54) is 25.1 Å². The first-order chi connectivity index (χ1) is 20.6. The zero-order chi connectivity index (χ0) is 31.0. The van der Waals surface area contributed by atoms with Crippen molar-refractivity contribution in [2.75, 3.05) is 46.6 Å². The smallest absolute Gasteiger partial charge is 0.243 e. The van der Waals surface area contributed by atoms with E-state index < -0.39 is 41.4 Å². The van der Waals surface area contributed by atoms with Crippen molar-refractivity contribution in [3.05, 3.63) is 65.5 Å². The Kier molecular flexibility index (Phi) is 10.8. The average Bonchev–Trinajstić information content (AvgIpc) is 3.75. The predicted octanol–water partition coefficient (Wildman–Crippen LogP) is 0.784. The molecule has 11 nitrogen and oxygen atoms in total. The number of rotatable bonds is 14. The van der Waals surface area contributed by atoms with Crippen LogP contribution in [-0.4, -0.2) is 98.7 Å². The van der Waals surface area contributed by atoms with Crippen molar-refractivity contribution in [2.24, 2.45) is 0 Å². The van der Waals surface area contributed by atoms with Gasteiger partial charge in [-0.3, -0.25) is 24.1 Å². The number of Topliss-reactive ketones (excluding diaryl/α,β-unsaturated/α-hetero) is 1. The lowest BCUT2D eigenvalue weighted by atomic mass is 9.94. The number of morpholine rings is 1. The molecule has 4 rings (SSSR count). The van der Waals surface area contributed by atoms with Crippen LogP contribution in [0.15, 0.2) is 48.5 Å². The first-order valence-corrected chi connectivity index (χ1v) is 14.3. The van der Waals surface area contributed by atoms with Crippen molar-refractivity contribution in [3.8, 4) is 5.75 Å². The molecule has 0 unspecified atom stereocenters. The number of nitrogens with one attached hydrogen (secondary N) is 3. The number of hydrogen-bond acceptors (Lipinski definition) is 8. The molecule has 2 fully saturated rings. The Balaban J connectivity index is 1.48. The van der Waals surface area contributed by atoms with Crippen molar-refractivity contribution in [1.29, 1.82) is 0 Å². The van der Waals surface area contributed by atoms with Gasteiger partial charge in [0.25, 0.3) is 0 Å². The molecule has 0 spiro atoms. The van der Waals surface area contributed by atoms with Crippen LogP contribution < -0.4 is 20.7 Å². The van der Waals surface area contributed by atoms with E-state index in [4.69, 9.17) is 14.2 Å². The van der Waals surface area contributed by atoms with Crippen LogP contribution in [0.2, 0.25) is 0 Å². The van der Waals surface area contributed by atoms with Crippen LogP contribution in [0.4, 0.5) is 4.39 Å². The fourth-order valence-electron chi connectivity index (χ4n) is 4.82. The van der Waals surface area contributed by atoms with Gasteiger partial charge in [0.05, 0.1) is 39.5 Å². The monoisotopic (exact) mass is 598 g/mol. The molecule has 2 aliphatic heterocycles. The van der Waals surface area contributed by atoms with Gasteiger partial charge in [0.15, 0.2) is 5.78 Å². The number of halogens is 1. The van der Waals surface area contributed by atoms with Crippen molar-refractivity contribution in [3.63, 3.8) is 0 Å². The summed E-state index contributed by atoms with van der Waals surface area (Å²) < 4.78 is 29.8. The molecule has 0 aromatic heterocycles. The standard InChI is InChI=1S/C31H39FN4O7/c1-20(33-27(37)18-36-11-13-42-14-12-36)29(39)35-26(16-21-7-9-24(41-3)10-8-21)30(40)34-25(28(38)31(2)19-43-31)17-22-5-4-6-23(32)15-22/h4-10,15,20,25-26H,11-14,16-19H2,1-3H3,(H,33,37)(H,34,40)(H,35,39)/t20-,25-,26-,31+/m0/s1. The Morgan fingerprint density at radius 2 is 1.60 bits per heavy atom. The number of benzene rings is 2. The van der Waals surface area contributed by atoms with E-state index in [-0.39, 0.29) is 37.7 Å². The molecule has 0 saturated carbocycles. The summed E-state index contributed by atoms with van der Waals surface area (Å²) in [4.78, 5) is 54.7. The first kappa shape index (κ1) is 32.1. The van der Waals surface area contributed by atoms with E-state index in [1.807, 2.05) is 4.90 Å². The van der Waals surface area contributed by atoms with Crippen LogP contribution in [0.5, 0.6) is 5.75 Å². The first-order valence-electron chi connectivity index (χ1n) is 14.3. The van der Waals surface area contributed by atoms with Crippen molar-refractivity contribution in [1.82, 2.24) is 20.9 Å². The minimum Gasteiger partial charge on any atom is -0.497 e. The van der Waals surface area contributed by atoms with E-state index in [0.29, 0.717) is 37.6 Å². The molecule has 43 heavy (non-hydrogen) atoms. The fourth-order valence-corrected chi connectivity index (χ4v) is 4.82. The molecule has 2 saturated heterocycles. The molecule has 2 aromatic rings. The minimum atomic E-state index is -1.09.